The number of nitrogens with zero attached hydrogens (tertiary/aromatic N) is 2. The lowest BCUT2D eigenvalue weighted by atomic mass is 10.1. The van der Waals surface area contributed by atoms with E-state index in [1.165, 1.54) is 22.7 Å². The minimum Gasteiger partial charge on any atom is -0.383 e. The zero-order chi connectivity index (χ0) is 18.0. The number of carbonyl (C=O) groups excluding carboxylic acids is 1. The van der Waals surface area contributed by atoms with E-state index in [9.17, 15) is 14.9 Å². The highest BCUT2D eigenvalue weighted by Crippen LogP contribution is 2.36. The quantitative estimate of drug-likeness (QED) is 0.378. The molecule has 1 heterocycles. The van der Waals surface area contributed by atoms with Gasteiger partial charge in [-0.3, -0.25) is 19.8 Å². The molecule has 0 bridgehead atoms. The summed E-state index contributed by atoms with van der Waals surface area (Å²) in [7, 11) is 1.62. The number of rotatable bonds is 4. The van der Waals surface area contributed by atoms with Gasteiger partial charge in [-0.15, -0.1) is 0 Å². The van der Waals surface area contributed by atoms with Crippen LogP contribution in [0, 0.1) is 10.1 Å². The SMILES string of the molecule is CNc1ccc(/C=C2\SC(=S)N(c3ccccc3)C2=O)cc1[N+](=O)[O-]. The number of para-hydroxylation sites is 1. The van der Waals surface area contributed by atoms with E-state index in [0.717, 1.165) is 0 Å². The first kappa shape index (κ1) is 17.1. The maximum Gasteiger partial charge on any atom is 0.292 e. The Bertz CT molecular complexity index is 897. The van der Waals surface area contributed by atoms with Crippen molar-refractivity contribution in [1.29, 1.82) is 0 Å². The molecule has 1 aliphatic heterocycles. The molecule has 6 nitrogen and oxygen atoms in total. The van der Waals surface area contributed by atoms with Crippen molar-refractivity contribution < 1.29 is 9.72 Å². The summed E-state index contributed by atoms with van der Waals surface area (Å²) in [6.45, 7) is 0. The summed E-state index contributed by atoms with van der Waals surface area (Å²) in [4.78, 5) is 25.3. The molecular weight excluding hydrogens is 358 g/mol. The number of nitrogens with one attached hydrogen (secondary N) is 1. The van der Waals surface area contributed by atoms with Gasteiger partial charge in [0.2, 0.25) is 0 Å². The van der Waals surface area contributed by atoms with Gasteiger partial charge in [0.25, 0.3) is 11.6 Å². The fraction of sp³-hybridized carbons (Fsp3) is 0.0588. The molecule has 2 aromatic carbocycles. The minimum absolute atomic E-state index is 0.0465. The Hall–Kier alpha value is -2.71. The number of hydrogen-bond acceptors (Lipinski definition) is 6. The van der Waals surface area contributed by atoms with E-state index in [2.05, 4.69) is 5.32 Å². The minimum atomic E-state index is -0.460. The van der Waals surface area contributed by atoms with Gasteiger partial charge in [0.15, 0.2) is 4.32 Å². The molecule has 0 radical (unpaired) electrons. The highest BCUT2D eigenvalue weighted by atomic mass is 32.2. The van der Waals surface area contributed by atoms with Gasteiger partial charge >= 0.3 is 0 Å². The summed E-state index contributed by atoms with van der Waals surface area (Å²) >= 11 is 6.49. The lowest BCUT2D eigenvalue weighted by Crippen LogP contribution is -2.27. The fourth-order valence-electron chi connectivity index (χ4n) is 2.42. The fourth-order valence-corrected chi connectivity index (χ4v) is 3.72. The Kier molecular flexibility index (Phi) is 4.82. The number of carbonyl (C=O) groups is 1. The topological polar surface area (TPSA) is 75.5 Å². The third-order valence-corrected chi connectivity index (χ3v) is 4.90. The van der Waals surface area contributed by atoms with Gasteiger partial charge in [-0.05, 0) is 29.8 Å². The number of nitro benzene ring substituents is 1. The molecule has 1 saturated heterocycles. The van der Waals surface area contributed by atoms with Crippen LogP contribution in [0.5, 0.6) is 0 Å². The predicted octanol–water partition coefficient (Wildman–Crippen LogP) is 4.04. The van der Waals surface area contributed by atoms with Crippen LogP contribution in [0.25, 0.3) is 6.08 Å². The van der Waals surface area contributed by atoms with Crippen LogP contribution < -0.4 is 10.2 Å². The first-order valence-electron chi connectivity index (χ1n) is 7.30. The standard InChI is InChI=1S/C17H13N3O3S2/c1-18-13-8-7-11(9-14(13)20(22)23)10-15-16(21)19(17(24)25-15)12-5-3-2-4-6-12/h2-10,18H,1H3/b15-10-. The van der Waals surface area contributed by atoms with Crippen molar-refractivity contribution in [2.45, 2.75) is 0 Å². The average Bonchev–Trinajstić information content (AvgIpc) is 2.89. The smallest absolute Gasteiger partial charge is 0.292 e. The van der Waals surface area contributed by atoms with Gasteiger partial charge < -0.3 is 5.32 Å². The molecule has 0 aromatic heterocycles. The molecule has 2 aromatic rings. The van der Waals surface area contributed by atoms with Crippen LogP contribution in [0.1, 0.15) is 5.56 Å². The number of thioether (sulfide) groups is 1. The van der Waals surface area contributed by atoms with Gasteiger partial charge in [0.1, 0.15) is 5.69 Å². The summed E-state index contributed by atoms with van der Waals surface area (Å²) in [5, 5.41) is 13.9. The molecule has 1 N–H and O–H groups in total. The molecule has 0 unspecified atom stereocenters. The van der Waals surface area contributed by atoms with E-state index in [1.54, 1.807) is 37.4 Å². The van der Waals surface area contributed by atoms with Crippen LogP contribution >= 0.6 is 24.0 Å². The normalized spacial score (nSPS) is 15.7. The van der Waals surface area contributed by atoms with Crippen molar-refractivity contribution in [3.63, 3.8) is 0 Å². The number of hydrogen-bond donors (Lipinski definition) is 1. The van der Waals surface area contributed by atoms with Gasteiger partial charge in [-0.1, -0.05) is 48.2 Å². The van der Waals surface area contributed by atoms with Crippen LogP contribution in [0.15, 0.2) is 53.4 Å². The summed E-state index contributed by atoms with van der Waals surface area (Å²) in [6, 6.07) is 13.9. The molecule has 1 amide bonds. The summed E-state index contributed by atoms with van der Waals surface area (Å²) in [5.41, 5.74) is 1.64. The molecule has 0 saturated carbocycles. The second-order valence-electron chi connectivity index (χ2n) is 5.14. The van der Waals surface area contributed by atoms with Crippen LogP contribution in [-0.2, 0) is 4.79 Å². The number of nitro groups is 1. The van der Waals surface area contributed by atoms with E-state index < -0.39 is 4.92 Å². The van der Waals surface area contributed by atoms with E-state index in [4.69, 9.17) is 12.2 Å². The van der Waals surface area contributed by atoms with Gasteiger partial charge in [-0.2, -0.15) is 0 Å². The lowest BCUT2D eigenvalue weighted by molar-refractivity contribution is -0.384. The summed E-state index contributed by atoms with van der Waals surface area (Å²) in [6.07, 6.45) is 1.62. The molecule has 1 aliphatic rings. The Labute approximate surface area is 153 Å². The zero-order valence-corrected chi connectivity index (χ0v) is 14.8. The Balaban J connectivity index is 1.95. The maximum absolute atomic E-state index is 12.7. The first-order chi connectivity index (χ1) is 12.0. The average molecular weight is 371 g/mol. The molecule has 3 rings (SSSR count). The number of anilines is 2. The molecule has 0 aliphatic carbocycles. The second kappa shape index (κ2) is 7.04. The highest BCUT2D eigenvalue weighted by Gasteiger charge is 2.33. The van der Waals surface area contributed by atoms with Crippen molar-refractivity contribution in [3.8, 4) is 0 Å². The highest BCUT2D eigenvalue weighted by molar-refractivity contribution is 8.27. The molecule has 126 valence electrons. The van der Waals surface area contributed by atoms with Gasteiger partial charge in [0, 0.05) is 13.1 Å². The zero-order valence-electron chi connectivity index (χ0n) is 13.1. The molecule has 25 heavy (non-hydrogen) atoms. The van der Waals surface area contributed by atoms with Crippen molar-refractivity contribution in [2.75, 3.05) is 17.3 Å². The molecule has 0 atom stereocenters. The monoisotopic (exact) mass is 371 g/mol. The summed E-state index contributed by atoms with van der Waals surface area (Å²) < 4.78 is 0.434. The van der Waals surface area contributed by atoms with E-state index in [-0.39, 0.29) is 11.6 Å². The predicted molar refractivity (Wildman–Crippen MR) is 105 cm³/mol. The third kappa shape index (κ3) is 3.40. The third-order valence-electron chi connectivity index (χ3n) is 3.59. The van der Waals surface area contributed by atoms with Crippen molar-refractivity contribution in [2.24, 2.45) is 0 Å². The van der Waals surface area contributed by atoms with Crippen LogP contribution in [0.4, 0.5) is 17.1 Å². The van der Waals surface area contributed by atoms with Crippen molar-refractivity contribution in [3.05, 3.63) is 69.1 Å². The Morgan fingerprint density at radius 1 is 1.24 bits per heavy atom. The maximum atomic E-state index is 12.7. The Morgan fingerprint density at radius 2 is 1.96 bits per heavy atom. The number of amides is 1. The van der Waals surface area contributed by atoms with Gasteiger partial charge in [0.05, 0.1) is 15.5 Å². The van der Waals surface area contributed by atoms with Crippen LogP contribution in [0.2, 0.25) is 0 Å². The van der Waals surface area contributed by atoms with Crippen molar-refractivity contribution >= 4 is 57.3 Å². The Morgan fingerprint density at radius 3 is 2.60 bits per heavy atom. The molecule has 1 fully saturated rings. The van der Waals surface area contributed by atoms with E-state index in [0.29, 0.717) is 26.2 Å². The van der Waals surface area contributed by atoms with E-state index >= 15 is 0 Å². The molecule has 8 heteroatoms. The molecular formula is C17H13N3O3S2. The summed E-state index contributed by atoms with van der Waals surface area (Å²) in [5.74, 6) is -0.235. The van der Waals surface area contributed by atoms with Crippen LogP contribution in [0.3, 0.4) is 0 Å². The molecule has 0 spiro atoms. The van der Waals surface area contributed by atoms with Gasteiger partial charge in [-0.25, -0.2) is 0 Å². The number of benzene rings is 2. The lowest BCUT2D eigenvalue weighted by Gasteiger charge is -2.13. The second-order valence-corrected chi connectivity index (χ2v) is 6.81. The number of thiocarbonyl (C=S) groups is 1. The largest absolute Gasteiger partial charge is 0.383 e. The van der Waals surface area contributed by atoms with Crippen LogP contribution in [-0.4, -0.2) is 22.2 Å². The van der Waals surface area contributed by atoms with Crippen molar-refractivity contribution in [1.82, 2.24) is 0 Å². The first-order valence-corrected chi connectivity index (χ1v) is 8.53. The van der Waals surface area contributed by atoms with E-state index in [1.807, 2.05) is 18.2 Å².